The lowest BCUT2D eigenvalue weighted by Gasteiger charge is -2.26. The van der Waals surface area contributed by atoms with Gasteiger partial charge in [-0.2, -0.15) is 13.2 Å². The number of hydrogen-bond acceptors (Lipinski definition) is 1. The van der Waals surface area contributed by atoms with E-state index in [-0.39, 0.29) is 6.04 Å². The van der Waals surface area contributed by atoms with Crippen molar-refractivity contribution in [3.8, 4) is 0 Å². The van der Waals surface area contributed by atoms with Crippen molar-refractivity contribution in [1.82, 2.24) is 4.90 Å². The van der Waals surface area contributed by atoms with Crippen LogP contribution >= 0.6 is 15.9 Å². The van der Waals surface area contributed by atoms with Crippen molar-refractivity contribution in [3.05, 3.63) is 34.3 Å². The summed E-state index contributed by atoms with van der Waals surface area (Å²) in [6.45, 7) is -0.301. The summed E-state index contributed by atoms with van der Waals surface area (Å²) >= 11 is 3.41. The third-order valence-electron chi connectivity index (χ3n) is 3.01. The quantitative estimate of drug-likeness (QED) is 0.793. The third kappa shape index (κ3) is 3.22. The number of alkyl halides is 3. The lowest BCUT2D eigenvalue weighted by atomic mass is 10.0. The second-order valence-corrected chi connectivity index (χ2v) is 5.12. The molecule has 2 rings (SSSR count). The zero-order chi connectivity index (χ0) is 12.5. The summed E-state index contributed by atoms with van der Waals surface area (Å²) < 4.78 is 38.2. The summed E-state index contributed by atoms with van der Waals surface area (Å²) in [6.07, 6.45) is -2.51. The van der Waals surface area contributed by atoms with E-state index < -0.39 is 12.7 Å². The predicted molar refractivity (Wildman–Crippen MR) is 63.7 cm³/mol. The van der Waals surface area contributed by atoms with Gasteiger partial charge in [-0.05, 0) is 31.0 Å². The van der Waals surface area contributed by atoms with Gasteiger partial charge in [0.25, 0.3) is 0 Å². The fourth-order valence-corrected chi connectivity index (χ4v) is 2.89. The number of halogens is 4. The molecule has 1 heterocycles. The highest BCUT2D eigenvalue weighted by molar-refractivity contribution is 9.10. The van der Waals surface area contributed by atoms with E-state index in [0.717, 1.165) is 22.9 Å². The minimum Gasteiger partial charge on any atom is -0.288 e. The van der Waals surface area contributed by atoms with Gasteiger partial charge in [-0.15, -0.1) is 0 Å². The molecule has 1 aliphatic heterocycles. The molecule has 0 bridgehead atoms. The van der Waals surface area contributed by atoms with Gasteiger partial charge in [0.2, 0.25) is 0 Å². The molecule has 0 radical (unpaired) electrons. The van der Waals surface area contributed by atoms with Gasteiger partial charge in [0.1, 0.15) is 0 Å². The van der Waals surface area contributed by atoms with Crippen molar-refractivity contribution in [3.63, 3.8) is 0 Å². The van der Waals surface area contributed by atoms with Gasteiger partial charge in [0, 0.05) is 10.5 Å². The van der Waals surface area contributed by atoms with Crippen LogP contribution in [0.25, 0.3) is 0 Å². The van der Waals surface area contributed by atoms with E-state index in [1.807, 2.05) is 24.3 Å². The van der Waals surface area contributed by atoms with Crippen LogP contribution in [0.4, 0.5) is 13.2 Å². The number of rotatable bonds is 2. The van der Waals surface area contributed by atoms with Gasteiger partial charge >= 0.3 is 6.18 Å². The maximum atomic E-state index is 12.4. The molecule has 1 aromatic carbocycles. The Balaban J connectivity index is 2.18. The maximum absolute atomic E-state index is 12.4. The van der Waals surface area contributed by atoms with Gasteiger partial charge in [0.15, 0.2) is 0 Å². The zero-order valence-electron chi connectivity index (χ0n) is 9.17. The normalized spacial score (nSPS) is 22.0. The van der Waals surface area contributed by atoms with Crippen LogP contribution in [0.3, 0.4) is 0 Å². The smallest absolute Gasteiger partial charge is 0.288 e. The first-order valence-corrected chi connectivity index (χ1v) is 6.32. The van der Waals surface area contributed by atoms with E-state index in [9.17, 15) is 13.2 Å². The molecule has 1 aliphatic rings. The van der Waals surface area contributed by atoms with Gasteiger partial charge in [-0.3, -0.25) is 4.90 Å². The molecular weight excluding hydrogens is 295 g/mol. The Morgan fingerprint density at radius 1 is 1.29 bits per heavy atom. The molecule has 1 fully saturated rings. The SMILES string of the molecule is FC(F)(F)CN1CCCC1c1ccccc1Br. The third-order valence-corrected chi connectivity index (χ3v) is 3.73. The highest BCUT2D eigenvalue weighted by Gasteiger charge is 2.36. The summed E-state index contributed by atoms with van der Waals surface area (Å²) in [5.74, 6) is 0. The van der Waals surface area contributed by atoms with E-state index in [4.69, 9.17) is 0 Å². The summed E-state index contributed by atoms with van der Waals surface area (Å²) in [5.41, 5.74) is 0.953. The van der Waals surface area contributed by atoms with Gasteiger partial charge in [-0.1, -0.05) is 34.1 Å². The summed E-state index contributed by atoms with van der Waals surface area (Å²) in [7, 11) is 0. The summed E-state index contributed by atoms with van der Waals surface area (Å²) in [4.78, 5) is 1.51. The Morgan fingerprint density at radius 3 is 2.65 bits per heavy atom. The Bertz CT molecular complexity index is 392. The molecule has 0 spiro atoms. The summed E-state index contributed by atoms with van der Waals surface area (Å²) in [6, 6.07) is 7.39. The number of hydrogen-bond donors (Lipinski definition) is 0. The molecule has 0 amide bonds. The highest BCUT2D eigenvalue weighted by Crippen LogP contribution is 2.37. The predicted octanol–water partition coefficient (Wildman–Crippen LogP) is 4.15. The van der Waals surface area contributed by atoms with Gasteiger partial charge in [-0.25, -0.2) is 0 Å². The molecule has 0 aliphatic carbocycles. The lowest BCUT2D eigenvalue weighted by molar-refractivity contribution is -0.147. The topological polar surface area (TPSA) is 3.24 Å². The molecule has 0 saturated carbocycles. The monoisotopic (exact) mass is 307 g/mol. The van der Waals surface area contributed by atoms with Gasteiger partial charge in [0.05, 0.1) is 6.54 Å². The first-order valence-electron chi connectivity index (χ1n) is 5.52. The van der Waals surface area contributed by atoms with Crippen molar-refractivity contribution in [2.24, 2.45) is 0 Å². The average molecular weight is 308 g/mol. The van der Waals surface area contributed by atoms with Crippen LogP contribution < -0.4 is 0 Å². The van der Waals surface area contributed by atoms with Crippen LogP contribution in [-0.4, -0.2) is 24.2 Å². The number of nitrogens with zero attached hydrogens (tertiary/aromatic N) is 1. The first kappa shape index (κ1) is 12.9. The average Bonchev–Trinajstić information content (AvgIpc) is 2.64. The van der Waals surface area contributed by atoms with Crippen molar-refractivity contribution in [2.75, 3.05) is 13.1 Å². The minimum atomic E-state index is -4.12. The number of likely N-dealkylation sites (tertiary alicyclic amines) is 1. The van der Waals surface area contributed by atoms with Crippen molar-refractivity contribution in [1.29, 1.82) is 0 Å². The molecule has 1 saturated heterocycles. The molecule has 1 nitrogen and oxygen atoms in total. The zero-order valence-corrected chi connectivity index (χ0v) is 10.8. The second-order valence-electron chi connectivity index (χ2n) is 4.27. The minimum absolute atomic E-state index is 0.118. The van der Waals surface area contributed by atoms with Crippen LogP contribution in [0.2, 0.25) is 0 Å². The second kappa shape index (κ2) is 4.98. The van der Waals surface area contributed by atoms with Gasteiger partial charge < -0.3 is 0 Å². The molecule has 0 N–H and O–H groups in total. The molecule has 17 heavy (non-hydrogen) atoms. The Kier molecular flexibility index (Phi) is 3.78. The molecule has 1 unspecified atom stereocenters. The van der Waals surface area contributed by atoms with Crippen LogP contribution in [0.15, 0.2) is 28.7 Å². The fourth-order valence-electron chi connectivity index (χ4n) is 2.34. The highest BCUT2D eigenvalue weighted by atomic mass is 79.9. The Labute approximate surface area is 107 Å². The lowest BCUT2D eigenvalue weighted by Crippen LogP contribution is -2.33. The molecule has 1 aromatic rings. The largest absolute Gasteiger partial charge is 0.401 e. The van der Waals surface area contributed by atoms with Crippen molar-refractivity contribution >= 4 is 15.9 Å². The van der Waals surface area contributed by atoms with Crippen molar-refractivity contribution in [2.45, 2.75) is 25.1 Å². The van der Waals surface area contributed by atoms with Crippen LogP contribution in [-0.2, 0) is 0 Å². The molecule has 94 valence electrons. The van der Waals surface area contributed by atoms with Crippen LogP contribution in [0.5, 0.6) is 0 Å². The Hall–Kier alpha value is -0.550. The van der Waals surface area contributed by atoms with E-state index in [2.05, 4.69) is 15.9 Å². The summed E-state index contributed by atoms with van der Waals surface area (Å²) in [5, 5.41) is 0. The standard InChI is InChI=1S/C12H13BrF3N/c13-10-5-2-1-4-9(10)11-6-3-7-17(11)8-12(14,15)16/h1-2,4-5,11H,3,6-8H2. The molecule has 5 heteroatoms. The molecule has 1 atom stereocenters. The fraction of sp³-hybridized carbons (Fsp3) is 0.500. The van der Waals surface area contributed by atoms with E-state index >= 15 is 0 Å². The van der Waals surface area contributed by atoms with E-state index in [0.29, 0.717) is 6.54 Å². The first-order chi connectivity index (χ1) is 7.97. The maximum Gasteiger partial charge on any atom is 0.401 e. The van der Waals surface area contributed by atoms with Crippen molar-refractivity contribution < 1.29 is 13.2 Å². The van der Waals surface area contributed by atoms with E-state index in [1.54, 1.807) is 0 Å². The van der Waals surface area contributed by atoms with E-state index in [1.165, 1.54) is 4.90 Å². The Morgan fingerprint density at radius 2 is 2.00 bits per heavy atom. The van der Waals surface area contributed by atoms with Crippen LogP contribution in [0.1, 0.15) is 24.4 Å². The van der Waals surface area contributed by atoms with Crippen LogP contribution in [0, 0.1) is 0 Å². The number of benzene rings is 1. The molecular formula is C12H13BrF3N. The molecule has 0 aromatic heterocycles.